The molecule has 2 rings (SSSR count). The number of hydrogen-bond donors (Lipinski definition) is 2. The lowest BCUT2D eigenvalue weighted by Crippen LogP contribution is -2.26. The zero-order valence-electron chi connectivity index (χ0n) is 11.8. The second-order valence-corrected chi connectivity index (χ2v) is 5.24. The summed E-state index contributed by atoms with van der Waals surface area (Å²) in [6, 6.07) is 5.59. The molecular weight excluding hydrogens is 282 g/mol. The molecule has 5 heteroatoms. The molecule has 0 atom stereocenters. The summed E-state index contributed by atoms with van der Waals surface area (Å²) in [5.41, 5.74) is 10.5. The van der Waals surface area contributed by atoms with E-state index in [0.717, 1.165) is 23.2 Å². The molecule has 1 aromatic heterocycles. The van der Waals surface area contributed by atoms with Crippen LogP contribution >= 0.6 is 11.3 Å². The van der Waals surface area contributed by atoms with Gasteiger partial charge in [-0.3, -0.25) is 4.79 Å². The molecule has 0 unspecified atom stereocenters. The minimum absolute atomic E-state index is 0.0841. The second kappa shape index (κ2) is 7.58. The molecule has 0 radical (unpaired) electrons. The maximum absolute atomic E-state index is 12.2. The number of nitrogens with one attached hydrogen (secondary N) is 1. The van der Waals surface area contributed by atoms with E-state index in [-0.39, 0.29) is 5.91 Å². The predicted octanol–water partition coefficient (Wildman–Crippen LogP) is 1.73. The Labute approximate surface area is 128 Å². The summed E-state index contributed by atoms with van der Waals surface area (Å²) in [5.74, 6) is 5.65. The predicted molar refractivity (Wildman–Crippen MR) is 85.3 cm³/mol. The number of nitrogens with two attached hydrogens (primary N) is 1. The molecule has 108 valence electrons. The summed E-state index contributed by atoms with van der Waals surface area (Å²) in [7, 11) is 0. The summed E-state index contributed by atoms with van der Waals surface area (Å²) >= 11 is 1.56. The Balaban J connectivity index is 2.00. The fourth-order valence-electron chi connectivity index (χ4n) is 1.86. The van der Waals surface area contributed by atoms with E-state index in [4.69, 9.17) is 5.73 Å². The first kappa shape index (κ1) is 15.2. The Morgan fingerprint density at radius 3 is 3.05 bits per heavy atom. The van der Waals surface area contributed by atoms with Crippen molar-refractivity contribution in [3.8, 4) is 11.8 Å². The van der Waals surface area contributed by atoms with Crippen molar-refractivity contribution in [2.75, 3.05) is 13.1 Å². The number of hydrogen-bond acceptors (Lipinski definition) is 4. The van der Waals surface area contributed by atoms with Gasteiger partial charge in [0, 0.05) is 29.5 Å². The van der Waals surface area contributed by atoms with E-state index in [1.54, 1.807) is 22.9 Å². The number of aromatic nitrogens is 1. The molecule has 0 aliphatic heterocycles. The van der Waals surface area contributed by atoms with Gasteiger partial charge in [0.25, 0.3) is 5.91 Å². The van der Waals surface area contributed by atoms with Crippen LogP contribution in [0.5, 0.6) is 0 Å². The maximum atomic E-state index is 12.2. The number of thiazole rings is 1. The topological polar surface area (TPSA) is 68.0 Å². The SMILES string of the molecule is Cc1ccc(C#CCN)cc1C(=O)NCCc1cscn1. The Morgan fingerprint density at radius 1 is 1.48 bits per heavy atom. The molecule has 0 saturated carbocycles. The highest BCUT2D eigenvalue weighted by molar-refractivity contribution is 7.07. The molecule has 1 amide bonds. The quantitative estimate of drug-likeness (QED) is 0.845. The minimum Gasteiger partial charge on any atom is -0.352 e. The first-order chi connectivity index (χ1) is 10.2. The molecule has 0 aliphatic rings. The summed E-state index contributed by atoms with van der Waals surface area (Å²) in [5, 5.41) is 4.90. The van der Waals surface area contributed by atoms with Gasteiger partial charge >= 0.3 is 0 Å². The molecule has 0 spiro atoms. The van der Waals surface area contributed by atoms with Crippen molar-refractivity contribution in [1.82, 2.24) is 10.3 Å². The lowest BCUT2D eigenvalue weighted by Gasteiger charge is -2.07. The lowest BCUT2D eigenvalue weighted by atomic mass is 10.0. The Bertz CT molecular complexity index is 669. The summed E-state index contributed by atoms with van der Waals surface area (Å²) < 4.78 is 0. The van der Waals surface area contributed by atoms with Crippen LogP contribution in [0.1, 0.15) is 27.2 Å². The van der Waals surface area contributed by atoms with Gasteiger partial charge in [-0.2, -0.15) is 0 Å². The first-order valence-electron chi connectivity index (χ1n) is 6.65. The second-order valence-electron chi connectivity index (χ2n) is 4.52. The number of carbonyl (C=O) groups excluding carboxylic acids is 1. The fourth-order valence-corrected chi connectivity index (χ4v) is 2.45. The molecule has 0 bridgehead atoms. The molecule has 1 aromatic carbocycles. The highest BCUT2D eigenvalue weighted by atomic mass is 32.1. The van der Waals surface area contributed by atoms with Crippen LogP contribution in [0.3, 0.4) is 0 Å². The average Bonchev–Trinajstić information content (AvgIpc) is 2.99. The van der Waals surface area contributed by atoms with Crippen LogP contribution in [0.15, 0.2) is 29.1 Å². The number of nitrogens with zero attached hydrogens (tertiary/aromatic N) is 1. The first-order valence-corrected chi connectivity index (χ1v) is 7.60. The lowest BCUT2D eigenvalue weighted by molar-refractivity contribution is 0.0953. The van der Waals surface area contributed by atoms with Crippen molar-refractivity contribution < 1.29 is 4.79 Å². The van der Waals surface area contributed by atoms with Crippen LogP contribution < -0.4 is 11.1 Å². The number of aryl methyl sites for hydroxylation is 1. The standard InChI is InChI=1S/C16H17N3OS/c1-12-4-5-13(3-2-7-17)9-15(12)16(20)18-8-6-14-10-21-11-19-14/h4-5,9-11H,6-8,17H2,1H3,(H,18,20). The van der Waals surface area contributed by atoms with Gasteiger partial charge in [0.1, 0.15) is 0 Å². The van der Waals surface area contributed by atoms with Crippen molar-refractivity contribution >= 4 is 17.2 Å². The van der Waals surface area contributed by atoms with Gasteiger partial charge in [0.05, 0.1) is 17.7 Å². The van der Waals surface area contributed by atoms with Gasteiger partial charge in [0.15, 0.2) is 0 Å². The summed E-state index contributed by atoms with van der Waals surface area (Å²) in [6.07, 6.45) is 0.737. The van der Waals surface area contributed by atoms with Crippen LogP contribution in [-0.2, 0) is 6.42 Å². The highest BCUT2D eigenvalue weighted by Crippen LogP contribution is 2.10. The van der Waals surface area contributed by atoms with E-state index in [1.807, 2.05) is 24.4 Å². The molecule has 0 saturated heterocycles. The third kappa shape index (κ3) is 4.42. The number of rotatable bonds is 4. The average molecular weight is 299 g/mol. The highest BCUT2D eigenvalue weighted by Gasteiger charge is 2.09. The maximum Gasteiger partial charge on any atom is 0.251 e. The van der Waals surface area contributed by atoms with Gasteiger partial charge in [-0.05, 0) is 24.6 Å². The van der Waals surface area contributed by atoms with Crippen molar-refractivity contribution in [2.45, 2.75) is 13.3 Å². The van der Waals surface area contributed by atoms with Crippen LogP contribution in [-0.4, -0.2) is 24.0 Å². The third-order valence-electron chi connectivity index (χ3n) is 2.97. The molecule has 21 heavy (non-hydrogen) atoms. The molecule has 1 heterocycles. The van der Waals surface area contributed by atoms with Crippen molar-refractivity contribution in [1.29, 1.82) is 0 Å². The van der Waals surface area contributed by atoms with Gasteiger partial charge in [-0.15, -0.1) is 11.3 Å². The van der Waals surface area contributed by atoms with E-state index in [0.29, 0.717) is 18.7 Å². The van der Waals surface area contributed by atoms with Crippen LogP contribution in [0.2, 0.25) is 0 Å². The number of amides is 1. The summed E-state index contributed by atoms with van der Waals surface area (Å²) in [6.45, 7) is 2.79. The van der Waals surface area contributed by atoms with Crippen molar-refractivity contribution in [2.24, 2.45) is 5.73 Å². The van der Waals surface area contributed by atoms with Crippen LogP contribution in [0.25, 0.3) is 0 Å². The van der Waals surface area contributed by atoms with E-state index >= 15 is 0 Å². The van der Waals surface area contributed by atoms with Gasteiger partial charge in [-0.1, -0.05) is 17.9 Å². The van der Waals surface area contributed by atoms with Crippen molar-refractivity contribution in [3.63, 3.8) is 0 Å². The minimum atomic E-state index is -0.0841. The number of benzene rings is 1. The monoisotopic (exact) mass is 299 g/mol. The van der Waals surface area contributed by atoms with Gasteiger partial charge in [0.2, 0.25) is 0 Å². The number of carbonyl (C=O) groups is 1. The molecular formula is C16H17N3OS. The van der Waals surface area contributed by atoms with Gasteiger partial charge in [-0.25, -0.2) is 4.98 Å². The molecule has 0 aliphatic carbocycles. The molecule has 3 N–H and O–H groups in total. The Kier molecular flexibility index (Phi) is 5.50. The van der Waals surface area contributed by atoms with Crippen molar-refractivity contribution in [3.05, 3.63) is 51.5 Å². The smallest absolute Gasteiger partial charge is 0.251 e. The van der Waals surface area contributed by atoms with Gasteiger partial charge < -0.3 is 11.1 Å². The third-order valence-corrected chi connectivity index (χ3v) is 3.60. The molecule has 4 nitrogen and oxygen atoms in total. The molecule has 2 aromatic rings. The van der Waals surface area contributed by atoms with E-state index in [2.05, 4.69) is 22.1 Å². The normalized spacial score (nSPS) is 9.81. The van der Waals surface area contributed by atoms with Crippen LogP contribution in [0, 0.1) is 18.8 Å². The zero-order valence-corrected chi connectivity index (χ0v) is 12.7. The van der Waals surface area contributed by atoms with Crippen LogP contribution in [0.4, 0.5) is 0 Å². The van der Waals surface area contributed by atoms with E-state index in [9.17, 15) is 4.79 Å². The Hall–Kier alpha value is -2.16. The largest absolute Gasteiger partial charge is 0.352 e. The Morgan fingerprint density at radius 2 is 2.33 bits per heavy atom. The fraction of sp³-hybridized carbons (Fsp3) is 0.250. The summed E-state index contributed by atoms with van der Waals surface area (Å²) in [4.78, 5) is 16.4. The van der Waals surface area contributed by atoms with E-state index < -0.39 is 0 Å². The molecule has 0 fully saturated rings. The van der Waals surface area contributed by atoms with E-state index in [1.165, 1.54) is 0 Å². The zero-order chi connectivity index (χ0) is 15.1.